The monoisotopic (exact) mass is 866 g/mol. The fourth-order valence-corrected chi connectivity index (χ4v) is 6.02. The molecule has 0 aliphatic rings. The van der Waals surface area contributed by atoms with Gasteiger partial charge in [0, 0.05) is 4.73 Å². The first-order valence-corrected chi connectivity index (χ1v) is 15.3. The molecular formula is C35H11BF20N2O. The molecule has 0 N–H and O–H groups in total. The van der Waals surface area contributed by atoms with Gasteiger partial charge in [0.1, 0.15) is 52.7 Å². The minimum atomic E-state index is -7.22. The van der Waals surface area contributed by atoms with Crippen LogP contribution in [0.2, 0.25) is 0 Å². The van der Waals surface area contributed by atoms with E-state index in [0.29, 0.717) is 0 Å². The summed E-state index contributed by atoms with van der Waals surface area (Å²) in [5.41, 5.74) is -13.2. The van der Waals surface area contributed by atoms with Gasteiger partial charge in [-0.2, -0.15) is 0 Å². The van der Waals surface area contributed by atoms with Gasteiger partial charge in [-0.05, 0) is 18.6 Å². The number of nitrogens with zero attached hydrogens (tertiary/aromatic N) is 2. The van der Waals surface area contributed by atoms with Crippen molar-refractivity contribution < 1.29 is 97.4 Å². The normalized spacial score (nSPS) is 11.5. The molecule has 3 nitrogen and oxygen atoms in total. The molecule has 0 fully saturated rings. The van der Waals surface area contributed by atoms with Crippen molar-refractivity contribution in [3.8, 4) is 5.75 Å². The molecular weight excluding hydrogens is 855 g/mol. The number of rotatable bonds is 6. The van der Waals surface area contributed by atoms with Gasteiger partial charge in [-0.15, -0.1) is 21.9 Å². The largest absolute Gasteiger partial charge is 0.252 e. The Labute approximate surface area is 314 Å². The summed E-state index contributed by atoms with van der Waals surface area (Å²) in [6.45, 7) is 2.01. The standard InChI is InChI=1S/C24BF20.C11H11N2O/c26-5-1(6(27)14(35)21(42)13(5)34)25(2-7(28)15(36)22(43)16(37)8(2)29,3-9(30)17(38)23(44)18(39)10(3)31)4-11(32)19(40)24(45)20(41)12(4)33;1-10-4-2-3-5-11(10)14-13-8-6-12-7-9-13/h;2-9H,1H3/q-1;+1. The molecule has 0 amide bonds. The second-order valence-corrected chi connectivity index (χ2v) is 11.8. The highest BCUT2D eigenvalue weighted by molar-refractivity contribution is 7.20. The van der Waals surface area contributed by atoms with Gasteiger partial charge in [-0.1, -0.05) is 18.2 Å². The van der Waals surface area contributed by atoms with Crippen LogP contribution >= 0.6 is 0 Å². The Balaban J connectivity index is 0.000000395. The van der Waals surface area contributed by atoms with E-state index in [-0.39, 0.29) is 0 Å². The van der Waals surface area contributed by atoms with Crippen molar-refractivity contribution in [1.82, 2.24) is 4.98 Å². The van der Waals surface area contributed by atoms with Gasteiger partial charge in [0.05, 0.1) is 12.4 Å². The van der Waals surface area contributed by atoms with Crippen LogP contribution in [0.4, 0.5) is 87.8 Å². The number of aromatic nitrogens is 2. The summed E-state index contributed by atoms with van der Waals surface area (Å²) in [6.07, 6.45) is -0.347. The molecule has 0 radical (unpaired) electrons. The minimum absolute atomic E-state index is 0.851. The van der Waals surface area contributed by atoms with Crippen molar-refractivity contribution in [1.29, 1.82) is 0 Å². The van der Waals surface area contributed by atoms with Crippen molar-refractivity contribution in [3.05, 3.63) is 171 Å². The van der Waals surface area contributed by atoms with E-state index in [1.54, 1.807) is 29.5 Å². The first kappa shape index (κ1) is 43.8. The second kappa shape index (κ2) is 16.1. The molecule has 5 aromatic carbocycles. The van der Waals surface area contributed by atoms with Gasteiger partial charge >= 0.3 is 0 Å². The lowest BCUT2D eigenvalue weighted by atomic mass is 9.12. The van der Waals surface area contributed by atoms with Crippen LogP contribution in [-0.2, 0) is 0 Å². The maximum atomic E-state index is 15.4. The van der Waals surface area contributed by atoms with E-state index in [2.05, 4.69) is 4.98 Å². The van der Waals surface area contributed by atoms with Crippen LogP contribution in [0.1, 0.15) is 5.56 Å². The van der Waals surface area contributed by atoms with Crippen LogP contribution in [0.5, 0.6) is 5.75 Å². The van der Waals surface area contributed by atoms with Gasteiger partial charge in [0.15, 0.2) is 69.8 Å². The molecule has 6 aromatic rings. The summed E-state index contributed by atoms with van der Waals surface area (Å²) in [7, 11) is 0. The topological polar surface area (TPSA) is 26.0 Å². The average Bonchev–Trinajstić information content (AvgIpc) is 3.22. The number of hydrogen-bond acceptors (Lipinski definition) is 2. The Morgan fingerprint density at radius 3 is 0.864 bits per heavy atom. The fourth-order valence-electron chi connectivity index (χ4n) is 6.02. The molecule has 1 heterocycles. The zero-order valence-electron chi connectivity index (χ0n) is 28.1. The maximum absolute atomic E-state index is 15.4. The molecule has 310 valence electrons. The lowest BCUT2D eigenvalue weighted by Gasteiger charge is -2.44. The van der Waals surface area contributed by atoms with Gasteiger partial charge in [0.25, 0.3) is 0 Å². The summed E-state index contributed by atoms with van der Waals surface area (Å²) in [5.74, 6) is -70.6. The van der Waals surface area contributed by atoms with E-state index in [0.717, 1.165) is 11.3 Å². The van der Waals surface area contributed by atoms with Crippen molar-refractivity contribution in [2.24, 2.45) is 0 Å². The van der Waals surface area contributed by atoms with Crippen molar-refractivity contribution >= 4 is 28.0 Å². The highest BCUT2D eigenvalue weighted by atomic mass is 19.2. The lowest BCUT2D eigenvalue weighted by Crippen LogP contribution is -2.81. The molecule has 0 saturated carbocycles. The van der Waals surface area contributed by atoms with Crippen LogP contribution in [0, 0.1) is 123 Å². The van der Waals surface area contributed by atoms with Gasteiger partial charge in [0.2, 0.25) is 18.1 Å². The van der Waals surface area contributed by atoms with E-state index in [4.69, 9.17) is 4.84 Å². The number of hydrogen-bond donors (Lipinski definition) is 0. The summed E-state index contributed by atoms with van der Waals surface area (Å²) in [4.78, 5) is 9.49. The Bertz CT molecular complexity index is 2280. The van der Waals surface area contributed by atoms with Gasteiger partial charge in [-0.3, -0.25) is 4.98 Å². The Hall–Kier alpha value is -6.36. The Kier molecular flexibility index (Phi) is 12.0. The third-order valence-corrected chi connectivity index (χ3v) is 8.60. The lowest BCUT2D eigenvalue weighted by molar-refractivity contribution is -0.875. The Morgan fingerprint density at radius 1 is 0.373 bits per heavy atom. The molecule has 0 unspecified atom stereocenters. The molecule has 24 heteroatoms. The van der Waals surface area contributed by atoms with Crippen LogP contribution in [-0.4, -0.2) is 11.1 Å². The summed E-state index contributed by atoms with van der Waals surface area (Å²) in [5, 5.41) is 0. The van der Waals surface area contributed by atoms with Crippen molar-refractivity contribution in [3.63, 3.8) is 0 Å². The van der Waals surface area contributed by atoms with Crippen LogP contribution in [0.25, 0.3) is 0 Å². The van der Waals surface area contributed by atoms with Gasteiger partial charge in [-0.25, -0.2) is 92.6 Å². The zero-order valence-corrected chi connectivity index (χ0v) is 28.1. The van der Waals surface area contributed by atoms with Crippen molar-refractivity contribution in [2.45, 2.75) is 6.92 Å². The third kappa shape index (κ3) is 6.82. The number of aryl methyl sites for hydroxylation is 1. The van der Waals surface area contributed by atoms with Crippen LogP contribution < -0.4 is 31.4 Å². The predicted molar refractivity (Wildman–Crippen MR) is 161 cm³/mol. The molecule has 0 aliphatic heterocycles. The second-order valence-electron chi connectivity index (χ2n) is 11.8. The van der Waals surface area contributed by atoms with Crippen LogP contribution in [0.3, 0.4) is 0 Å². The smallest absolute Gasteiger partial charge is 0.241 e. The highest BCUT2D eigenvalue weighted by Gasteiger charge is 2.52. The summed E-state index contributed by atoms with van der Waals surface area (Å²) in [6, 6.07) is 7.88. The molecule has 59 heavy (non-hydrogen) atoms. The third-order valence-electron chi connectivity index (χ3n) is 8.60. The van der Waals surface area contributed by atoms with E-state index < -0.39 is 144 Å². The van der Waals surface area contributed by atoms with E-state index in [1.165, 1.54) is 0 Å². The molecule has 0 saturated heterocycles. The maximum Gasteiger partial charge on any atom is 0.241 e. The Morgan fingerprint density at radius 2 is 0.610 bits per heavy atom. The van der Waals surface area contributed by atoms with Gasteiger partial charge < -0.3 is 0 Å². The predicted octanol–water partition coefficient (Wildman–Crippen LogP) is 7.37. The van der Waals surface area contributed by atoms with E-state index >= 15 is 35.1 Å². The van der Waals surface area contributed by atoms with E-state index in [1.807, 2.05) is 31.2 Å². The number of halogens is 20. The molecule has 0 atom stereocenters. The summed E-state index contributed by atoms with van der Waals surface area (Å²) >= 11 is 0. The fraction of sp³-hybridized carbons (Fsp3) is 0.0286. The zero-order chi connectivity index (χ0) is 44.2. The van der Waals surface area contributed by atoms with Crippen LogP contribution in [0.15, 0.2) is 49.1 Å². The number of para-hydroxylation sites is 1. The molecule has 0 bridgehead atoms. The SMILES string of the molecule is Cc1ccccc1O[n+]1ccncc1.Fc1c(F)c(F)c([B-](c2c(F)c(F)c(F)c(F)c2F)(c2c(F)c(F)c(F)c(F)c2F)c2c(F)c(F)c(F)c(F)c2F)c(F)c1F. The molecule has 1 aromatic heterocycles. The first-order valence-electron chi connectivity index (χ1n) is 15.3. The highest BCUT2D eigenvalue weighted by Crippen LogP contribution is 2.30. The minimum Gasteiger partial charge on any atom is -0.252 e. The quantitative estimate of drug-likeness (QED) is 0.0576. The van der Waals surface area contributed by atoms with E-state index in [9.17, 15) is 52.7 Å². The number of benzene rings is 5. The average molecular weight is 866 g/mol. The molecule has 0 spiro atoms. The van der Waals surface area contributed by atoms with Crippen molar-refractivity contribution in [2.75, 3.05) is 0 Å². The first-order chi connectivity index (χ1) is 27.6. The molecule has 6 rings (SSSR count). The summed E-state index contributed by atoms with van der Waals surface area (Å²) < 4.78 is 296. The molecule has 0 aliphatic carbocycles.